The smallest absolute Gasteiger partial charge is 0.251 e. The van der Waals surface area contributed by atoms with Gasteiger partial charge in [0.05, 0.1) is 30.4 Å². The van der Waals surface area contributed by atoms with Gasteiger partial charge in [-0.1, -0.05) is 30.3 Å². The molecular formula is C26H26N2O4. The van der Waals surface area contributed by atoms with E-state index in [0.717, 1.165) is 11.1 Å². The van der Waals surface area contributed by atoms with Crippen molar-refractivity contribution in [1.82, 2.24) is 4.57 Å². The summed E-state index contributed by atoms with van der Waals surface area (Å²) < 4.78 is 13.4. The SMILES string of the molecule is CC(OCc1ccccc1)c1ccn([C@@H]2c3cc(C#N)ccc3OC(C)(C)[C@H]2O)c(=O)c1. The van der Waals surface area contributed by atoms with Crippen molar-refractivity contribution in [1.29, 1.82) is 5.26 Å². The van der Waals surface area contributed by atoms with E-state index < -0.39 is 17.7 Å². The fourth-order valence-electron chi connectivity index (χ4n) is 4.02. The van der Waals surface area contributed by atoms with Crippen molar-refractivity contribution in [2.45, 2.75) is 51.2 Å². The van der Waals surface area contributed by atoms with E-state index in [-0.39, 0.29) is 11.7 Å². The summed E-state index contributed by atoms with van der Waals surface area (Å²) in [5.41, 5.74) is 1.71. The Morgan fingerprint density at radius 3 is 2.62 bits per heavy atom. The predicted molar refractivity (Wildman–Crippen MR) is 120 cm³/mol. The number of fused-ring (bicyclic) bond motifs is 1. The Bertz CT molecular complexity index is 1210. The summed E-state index contributed by atoms with van der Waals surface area (Å²) in [4.78, 5) is 13.1. The van der Waals surface area contributed by atoms with Gasteiger partial charge < -0.3 is 19.1 Å². The molecule has 0 saturated heterocycles. The molecule has 1 unspecified atom stereocenters. The zero-order chi connectivity index (χ0) is 22.9. The Morgan fingerprint density at radius 2 is 1.94 bits per heavy atom. The zero-order valence-corrected chi connectivity index (χ0v) is 18.4. The van der Waals surface area contributed by atoms with Crippen molar-refractivity contribution in [3.05, 3.63) is 99.5 Å². The lowest BCUT2D eigenvalue weighted by atomic mass is 9.85. The number of benzene rings is 2. The van der Waals surface area contributed by atoms with E-state index in [1.807, 2.05) is 43.3 Å². The van der Waals surface area contributed by atoms with E-state index in [9.17, 15) is 15.2 Å². The minimum absolute atomic E-state index is 0.257. The van der Waals surface area contributed by atoms with Crippen LogP contribution >= 0.6 is 0 Å². The lowest BCUT2D eigenvalue weighted by Gasteiger charge is -2.42. The molecule has 3 atom stereocenters. The summed E-state index contributed by atoms with van der Waals surface area (Å²) >= 11 is 0. The Hall–Kier alpha value is -3.40. The molecule has 6 nitrogen and oxygen atoms in total. The van der Waals surface area contributed by atoms with Crippen LogP contribution in [0.2, 0.25) is 0 Å². The van der Waals surface area contributed by atoms with Crippen LogP contribution in [-0.4, -0.2) is 21.4 Å². The molecule has 1 aliphatic heterocycles. The van der Waals surface area contributed by atoms with Gasteiger partial charge in [-0.25, -0.2) is 0 Å². The second-order valence-electron chi connectivity index (χ2n) is 8.60. The zero-order valence-electron chi connectivity index (χ0n) is 18.4. The van der Waals surface area contributed by atoms with E-state index in [1.54, 1.807) is 44.3 Å². The number of hydrogen-bond acceptors (Lipinski definition) is 5. The van der Waals surface area contributed by atoms with Crippen LogP contribution in [0.1, 0.15) is 55.2 Å². The molecule has 0 spiro atoms. The lowest BCUT2D eigenvalue weighted by Crippen LogP contribution is -2.52. The number of aliphatic hydroxyl groups excluding tert-OH is 1. The molecule has 0 amide bonds. The Balaban J connectivity index is 1.65. The molecule has 1 N–H and O–H groups in total. The molecule has 3 aromatic rings. The van der Waals surface area contributed by atoms with Gasteiger partial charge in [0, 0.05) is 17.8 Å². The Morgan fingerprint density at radius 1 is 1.19 bits per heavy atom. The van der Waals surface area contributed by atoms with Crippen molar-refractivity contribution in [3.8, 4) is 11.8 Å². The summed E-state index contributed by atoms with van der Waals surface area (Å²) in [6.45, 7) is 5.92. The third-order valence-corrected chi connectivity index (χ3v) is 5.93. The van der Waals surface area contributed by atoms with E-state index >= 15 is 0 Å². The van der Waals surface area contributed by atoms with Crippen LogP contribution < -0.4 is 10.3 Å². The predicted octanol–water partition coefficient (Wildman–Crippen LogP) is 4.12. The number of rotatable bonds is 5. The highest BCUT2D eigenvalue weighted by atomic mass is 16.5. The number of aromatic nitrogens is 1. The molecular weight excluding hydrogens is 404 g/mol. The summed E-state index contributed by atoms with van der Waals surface area (Å²) in [7, 11) is 0. The van der Waals surface area contributed by atoms with E-state index in [2.05, 4.69) is 6.07 Å². The second-order valence-corrected chi connectivity index (χ2v) is 8.60. The summed E-state index contributed by atoms with van der Waals surface area (Å²) in [6.07, 6.45) is 0.420. The molecule has 2 aromatic carbocycles. The van der Waals surface area contributed by atoms with Gasteiger partial charge >= 0.3 is 0 Å². The Labute approximate surface area is 187 Å². The van der Waals surface area contributed by atoms with Crippen LogP contribution in [-0.2, 0) is 11.3 Å². The fraction of sp³-hybridized carbons (Fsp3) is 0.308. The molecule has 6 heteroatoms. The van der Waals surface area contributed by atoms with Gasteiger partial charge in [0.25, 0.3) is 5.56 Å². The third-order valence-electron chi connectivity index (χ3n) is 5.93. The number of nitrogens with zero attached hydrogens (tertiary/aromatic N) is 2. The van der Waals surface area contributed by atoms with Crippen molar-refractivity contribution >= 4 is 0 Å². The first kappa shape index (κ1) is 21.8. The highest BCUT2D eigenvalue weighted by Crippen LogP contribution is 2.41. The first-order valence-corrected chi connectivity index (χ1v) is 10.6. The lowest BCUT2D eigenvalue weighted by molar-refractivity contribution is -0.0643. The van der Waals surface area contributed by atoms with Crippen molar-refractivity contribution in [2.24, 2.45) is 0 Å². The second kappa shape index (κ2) is 8.62. The van der Waals surface area contributed by atoms with Gasteiger partial charge in [-0.05, 0) is 56.2 Å². The number of nitriles is 1. The Kier molecular flexibility index (Phi) is 5.88. The molecule has 0 bridgehead atoms. The molecule has 4 rings (SSSR count). The van der Waals surface area contributed by atoms with Crippen molar-refractivity contribution in [2.75, 3.05) is 0 Å². The third kappa shape index (κ3) is 4.18. The number of aliphatic hydroxyl groups is 1. The topological polar surface area (TPSA) is 84.5 Å². The maximum atomic E-state index is 13.1. The minimum atomic E-state index is -0.987. The summed E-state index contributed by atoms with van der Waals surface area (Å²) in [5, 5.41) is 20.4. The van der Waals surface area contributed by atoms with E-state index in [4.69, 9.17) is 9.47 Å². The van der Waals surface area contributed by atoms with Crippen LogP contribution in [0.15, 0.2) is 71.7 Å². The largest absolute Gasteiger partial charge is 0.485 e. The number of ether oxygens (including phenoxy) is 2. The van der Waals surface area contributed by atoms with E-state index in [1.165, 1.54) is 4.57 Å². The number of pyridine rings is 1. The molecule has 32 heavy (non-hydrogen) atoms. The van der Waals surface area contributed by atoms with Crippen LogP contribution in [0.3, 0.4) is 0 Å². The van der Waals surface area contributed by atoms with Gasteiger partial charge in [-0.3, -0.25) is 4.79 Å². The van der Waals surface area contributed by atoms with Crippen LogP contribution in [0, 0.1) is 11.3 Å². The summed E-state index contributed by atoms with van der Waals surface area (Å²) in [6, 6.07) is 19.7. The van der Waals surface area contributed by atoms with E-state index in [0.29, 0.717) is 23.5 Å². The molecule has 2 heterocycles. The van der Waals surface area contributed by atoms with Crippen LogP contribution in [0.25, 0.3) is 0 Å². The normalized spacial score (nSPS) is 20.0. The maximum absolute atomic E-state index is 13.1. The molecule has 0 saturated carbocycles. The summed E-state index contributed by atoms with van der Waals surface area (Å²) in [5.74, 6) is 0.555. The molecule has 1 aliphatic rings. The van der Waals surface area contributed by atoms with Gasteiger partial charge in [-0.2, -0.15) is 5.26 Å². The number of hydrogen-bond donors (Lipinski definition) is 1. The highest BCUT2D eigenvalue weighted by molar-refractivity contribution is 5.46. The molecule has 0 radical (unpaired) electrons. The average molecular weight is 431 g/mol. The van der Waals surface area contributed by atoms with Crippen molar-refractivity contribution < 1.29 is 14.6 Å². The standard InChI is InChI=1S/C26H26N2O4/c1-17(31-16-18-7-5-4-6-8-18)20-11-12-28(23(29)14-20)24-21-13-19(15-27)9-10-22(21)32-26(2,3)25(24)30/h4-14,17,24-25,30H,16H2,1-3H3/t17?,24-,25+/m1/s1. The quantitative estimate of drug-likeness (QED) is 0.658. The molecule has 164 valence electrons. The maximum Gasteiger partial charge on any atom is 0.251 e. The first-order valence-electron chi connectivity index (χ1n) is 10.6. The first-order chi connectivity index (χ1) is 15.3. The highest BCUT2D eigenvalue weighted by Gasteiger charge is 2.44. The fourth-order valence-corrected chi connectivity index (χ4v) is 4.02. The van der Waals surface area contributed by atoms with Gasteiger partial charge in [0.1, 0.15) is 17.5 Å². The molecule has 0 aliphatic carbocycles. The monoisotopic (exact) mass is 430 g/mol. The van der Waals surface area contributed by atoms with Gasteiger partial charge in [0.2, 0.25) is 0 Å². The van der Waals surface area contributed by atoms with Crippen LogP contribution in [0.4, 0.5) is 0 Å². The molecule has 0 fully saturated rings. The average Bonchev–Trinajstić information content (AvgIpc) is 2.79. The van der Waals surface area contributed by atoms with Crippen molar-refractivity contribution in [3.63, 3.8) is 0 Å². The van der Waals surface area contributed by atoms with Crippen LogP contribution in [0.5, 0.6) is 5.75 Å². The molecule has 1 aromatic heterocycles. The van der Waals surface area contributed by atoms with Gasteiger partial charge in [0.15, 0.2) is 0 Å². The minimum Gasteiger partial charge on any atom is -0.485 e. The van der Waals surface area contributed by atoms with Gasteiger partial charge in [-0.15, -0.1) is 0 Å².